The molecular weight excluding hydrogens is 390 g/mol. The van der Waals surface area contributed by atoms with E-state index < -0.39 is 0 Å². The predicted molar refractivity (Wildman–Crippen MR) is 118 cm³/mol. The molecule has 0 fully saturated rings. The summed E-state index contributed by atoms with van der Waals surface area (Å²) in [5, 5.41) is 7.44. The van der Waals surface area contributed by atoms with E-state index >= 15 is 0 Å². The summed E-state index contributed by atoms with van der Waals surface area (Å²) in [6, 6.07) is 13.9. The molecule has 2 amide bonds. The van der Waals surface area contributed by atoms with E-state index in [-0.39, 0.29) is 37.3 Å². The monoisotopic (exact) mass is 411 g/mol. The number of hydrogen-bond donors (Lipinski definition) is 3. The molecule has 2 heterocycles. The largest absolute Gasteiger partial charge is 0.346 e. The number of nitrogens with one attached hydrogen (secondary N) is 2. The minimum absolute atomic E-state index is 0. The van der Waals surface area contributed by atoms with Crippen molar-refractivity contribution in [1.29, 1.82) is 0 Å². The highest BCUT2D eigenvalue weighted by atomic mass is 35.5. The zero-order valence-electron chi connectivity index (χ0n) is 16.2. The van der Waals surface area contributed by atoms with Crippen molar-refractivity contribution in [3.05, 3.63) is 48.0 Å². The number of amides is 2. The Morgan fingerprint density at radius 3 is 2.62 bits per heavy atom. The minimum atomic E-state index is -0.366. The van der Waals surface area contributed by atoms with Gasteiger partial charge in [-0.1, -0.05) is 18.2 Å². The van der Waals surface area contributed by atoms with Crippen molar-refractivity contribution in [1.82, 2.24) is 14.9 Å². The Balaban J connectivity index is 0.00000240. The molecule has 4 rings (SSSR count). The molecule has 0 spiro atoms. The van der Waals surface area contributed by atoms with Gasteiger partial charge in [-0.15, -0.1) is 12.4 Å². The molecule has 2 aliphatic rings. The molecule has 29 heavy (non-hydrogen) atoms. The van der Waals surface area contributed by atoms with Crippen LogP contribution in [-0.4, -0.2) is 34.5 Å². The van der Waals surface area contributed by atoms with Crippen LogP contribution in [0.4, 0.5) is 5.69 Å². The van der Waals surface area contributed by atoms with Gasteiger partial charge in [0.15, 0.2) is 0 Å². The van der Waals surface area contributed by atoms with Gasteiger partial charge in [-0.25, -0.2) is 4.98 Å². The van der Waals surface area contributed by atoms with Gasteiger partial charge in [-0.2, -0.15) is 0 Å². The molecule has 8 heteroatoms. The number of fused-ring (bicyclic) bond motifs is 4. The summed E-state index contributed by atoms with van der Waals surface area (Å²) in [6.07, 6.45) is 0. The molecule has 2 aromatic carbocycles. The van der Waals surface area contributed by atoms with E-state index in [2.05, 4.69) is 28.2 Å². The number of benzene rings is 2. The number of hydrogen-bond acceptors (Lipinski definition) is 4. The molecule has 0 atom stereocenters. The number of aromatic nitrogens is 2. The second kappa shape index (κ2) is 8.06. The summed E-state index contributed by atoms with van der Waals surface area (Å²) in [6.45, 7) is 1.82. The maximum Gasteiger partial charge on any atom is 0.243 e. The Morgan fingerprint density at radius 2 is 1.86 bits per heavy atom. The van der Waals surface area contributed by atoms with Crippen LogP contribution in [-0.2, 0) is 16.6 Å². The minimum Gasteiger partial charge on any atom is -0.346 e. The fourth-order valence-corrected chi connectivity index (χ4v) is 3.60. The van der Waals surface area contributed by atoms with Gasteiger partial charge in [0, 0.05) is 34.6 Å². The predicted octanol–water partition coefficient (Wildman–Crippen LogP) is 2.57. The van der Waals surface area contributed by atoms with E-state index in [1.165, 1.54) is 0 Å². The standard InChI is InChI=1S/C21H21N5O2.ClH/c1-12-15-9-13(24-19(28)11-23-18(27)10-22)7-8-17(15)26(2)21-20(12)14-5-3-4-6-16(14)25-21;/h3-9H,10-11,22H2,1-2H3,(H,23,27)(H,24,28);1H. The average molecular weight is 412 g/mol. The van der Waals surface area contributed by atoms with Crippen LogP contribution in [0.3, 0.4) is 0 Å². The van der Waals surface area contributed by atoms with Crippen molar-refractivity contribution in [2.24, 2.45) is 12.8 Å². The molecule has 4 N–H and O–H groups in total. The summed E-state index contributed by atoms with van der Waals surface area (Å²) in [4.78, 5) is 28.1. The first-order chi connectivity index (χ1) is 13.5. The van der Waals surface area contributed by atoms with Gasteiger partial charge in [-0.05, 0) is 36.8 Å². The SMILES string of the molecule is Cc1c2c3ccccc3nc-2n(C)c2ccc(NC(=O)CNC(=O)CN)cc12.Cl. The average Bonchev–Trinajstić information content (AvgIpc) is 3.10. The lowest BCUT2D eigenvalue weighted by molar-refractivity contribution is -0.123. The van der Waals surface area contributed by atoms with E-state index in [4.69, 9.17) is 10.7 Å². The third-order valence-electron chi connectivity index (χ3n) is 4.99. The molecule has 2 aliphatic heterocycles. The molecule has 0 saturated carbocycles. The van der Waals surface area contributed by atoms with Crippen LogP contribution < -0.4 is 16.4 Å². The Hall–Kier alpha value is -3.16. The second-order valence-electron chi connectivity index (χ2n) is 6.77. The summed E-state index contributed by atoms with van der Waals surface area (Å²) in [5.41, 5.74) is 10.1. The van der Waals surface area contributed by atoms with Crippen molar-refractivity contribution in [3.63, 3.8) is 0 Å². The molecule has 0 aliphatic carbocycles. The van der Waals surface area contributed by atoms with Gasteiger partial charge >= 0.3 is 0 Å². The number of nitrogens with zero attached hydrogens (tertiary/aromatic N) is 2. The number of pyridine rings is 1. The number of carbonyl (C=O) groups is 2. The molecule has 2 aromatic rings. The zero-order valence-corrected chi connectivity index (χ0v) is 17.0. The van der Waals surface area contributed by atoms with Crippen molar-refractivity contribution >= 4 is 51.7 Å². The molecule has 150 valence electrons. The van der Waals surface area contributed by atoms with E-state index in [1.54, 1.807) is 0 Å². The lowest BCUT2D eigenvalue weighted by Crippen LogP contribution is -2.36. The van der Waals surface area contributed by atoms with E-state index in [0.29, 0.717) is 5.69 Å². The van der Waals surface area contributed by atoms with Gasteiger partial charge in [0.2, 0.25) is 11.8 Å². The Morgan fingerprint density at radius 1 is 1.10 bits per heavy atom. The first kappa shape index (κ1) is 20.6. The third kappa shape index (κ3) is 3.62. The molecule has 0 saturated heterocycles. The maximum absolute atomic E-state index is 12.1. The van der Waals surface area contributed by atoms with Crippen LogP contribution in [0.5, 0.6) is 0 Å². The molecule has 0 bridgehead atoms. The lowest BCUT2D eigenvalue weighted by Gasteiger charge is -2.16. The van der Waals surface area contributed by atoms with Crippen molar-refractivity contribution in [3.8, 4) is 11.4 Å². The quantitative estimate of drug-likeness (QED) is 0.480. The normalized spacial score (nSPS) is 10.9. The number of para-hydroxylation sites is 1. The number of nitrogens with two attached hydrogens (primary N) is 1. The molecule has 0 aromatic heterocycles. The van der Waals surface area contributed by atoms with Crippen molar-refractivity contribution < 1.29 is 9.59 Å². The van der Waals surface area contributed by atoms with Crippen LogP contribution >= 0.6 is 12.4 Å². The molecule has 0 unspecified atom stereocenters. The van der Waals surface area contributed by atoms with Crippen LogP contribution in [0.1, 0.15) is 5.56 Å². The van der Waals surface area contributed by atoms with Crippen molar-refractivity contribution in [2.75, 3.05) is 18.4 Å². The summed E-state index contributed by atoms with van der Waals surface area (Å²) < 4.78 is 2.07. The highest BCUT2D eigenvalue weighted by Crippen LogP contribution is 2.38. The Labute approximate surface area is 174 Å². The van der Waals surface area contributed by atoms with Crippen LogP contribution in [0, 0.1) is 6.92 Å². The zero-order chi connectivity index (χ0) is 19.8. The summed E-state index contributed by atoms with van der Waals surface area (Å²) in [5.74, 6) is 0.270. The van der Waals surface area contributed by atoms with E-state index in [0.717, 1.165) is 38.8 Å². The Kier molecular flexibility index (Phi) is 5.72. The van der Waals surface area contributed by atoms with Gasteiger partial charge in [0.25, 0.3) is 0 Å². The van der Waals surface area contributed by atoms with E-state index in [9.17, 15) is 9.59 Å². The molecule has 0 radical (unpaired) electrons. The van der Waals surface area contributed by atoms with Gasteiger partial charge in [0.1, 0.15) is 5.82 Å². The second-order valence-corrected chi connectivity index (χ2v) is 6.77. The lowest BCUT2D eigenvalue weighted by atomic mass is 10.00. The first-order valence-electron chi connectivity index (χ1n) is 9.03. The van der Waals surface area contributed by atoms with Gasteiger partial charge in [0.05, 0.1) is 18.6 Å². The molecular formula is C21H22ClN5O2. The third-order valence-corrected chi connectivity index (χ3v) is 4.99. The fraction of sp³-hybridized carbons (Fsp3) is 0.190. The van der Waals surface area contributed by atoms with Crippen LogP contribution in [0.2, 0.25) is 0 Å². The number of anilines is 1. The highest BCUT2D eigenvalue weighted by molar-refractivity contribution is 6.05. The topological polar surface area (TPSA) is 102 Å². The number of aryl methyl sites for hydroxylation is 2. The van der Waals surface area contributed by atoms with Gasteiger partial charge < -0.3 is 20.9 Å². The van der Waals surface area contributed by atoms with Crippen LogP contribution in [0.25, 0.3) is 33.2 Å². The summed E-state index contributed by atoms with van der Waals surface area (Å²) >= 11 is 0. The number of carbonyl (C=O) groups excluding carboxylic acids is 2. The smallest absolute Gasteiger partial charge is 0.243 e. The summed E-state index contributed by atoms with van der Waals surface area (Å²) in [7, 11) is 2.00. The van der Waals surface area contributed by atoms with Crippen molar-refractivity contribution in [2.45, 2.75) is 6.92 Å². The first-order valence-corrected chi connectivity index (χ1v) is 9.03. The van der Waals surface area contributed by atoms with E-state index in [1.807, 2.05) is 43.4 Å². The van der Waals surface area contributed by atoms with Gasteiger partial charge in [-0.3, -0.25) is 9.59 Å². The number of rotatable bonds is 4. The molecule has 7 nitrogen and oxygen atoms in total. The van der Waals surface area contributed by atoms with Crippen LogP contribution in [0.15, 0.2) is 42.5 Å². The maximum atomic E-state index is 12.1. The Bertz CT molecular complexity index is 1200. The highest BCUT2D eigenvalue weighted by Gasteiger charge is 2.20. The fourth-order valence-electron chi connectivity index (χ4n) is 3.60. The number of halogens is 1.